The highest BCUT2D eigenvalue weighted by Crippen LogP contribution is 2.25. The first-order valence-corrected chi connectivity index (χ1v) is 8.76. The Hall–Kier alpha value is -3.79. The monoisotopic (exact) mass is 397 g/mol. The molecule has 2 aromatic carbocycles. The summed E-state index contributed by atoms with van der Waals surface area (Å²) in [6.07, 6.45) is 1.95. The number of aromatic nitrogens is 2. The molecule has 3 aromatic rings. The molecule has 0 aliphatic heterocycles. The number of ether oxygens (including phenoxy) is 1. The van der Waals surface area contributed by atoms with Crippen LogP contribution in [0.3, 0.4) is 0 Å². The van der Waals surface area contributed by atoms with Crippen LogP contribution >= 0.6 is 0 Å². The molecule has 0 bridgehead atoms. The third kappa shape index (κ3) is 4.55. The molecule has 0 aliphatic rings. The van der Waals surface area contributed by atoms with Crippen molar-refractivity contribution in [2.24, 2.45) is 5.10 Å². The standard InChI is InChI=1S/C19H19N5O5/c1-29-10-4-9-23-18(26)14-5-2-3-6-15(14)21-19(23)22-20-12-13-7-8-17(25)16(11-13)24(27)28/h2-3,5-8,11-12,25H,4,9-10H2,1H3,(H,21,22)/b20-12+. The number of hydrogen-bond donors (Lipinski definition) is 2. The SMILES string of the molecule is COCCCn1c(N/N=C/c2ccc(O)c([N+](=O)[O-])c2)nc2ccccc2c1=O. The van der Waals surface area contributed by atoms with E-state index < -0.39 is 16.4 Å². The number of aromatic hydroxyl groups is 1. The first-order valence-electron chi connectivity index (χ1n) is 8.76. The number of nitrogens with zero attached hydrogens (tertiary/aromatic N) is 4. The Bertz CT molecular complexity index is 1130. The lowest BCUT2D eigenvalue weighted by Gasteiger charge is -2.12. The Balaban J connectivity index is 1.91. The molecule has 2 N–H and O–H groups in total. The number of benzene rings is 2. The van der Waals surface area contributed by atoms with Gasteiger partial charge in [0.2, 0.25) is 5.95 Å². The number of nitrogens with one attached hydrogen (secondary N) is 1. The Morgan fingerprint density at radius 2 is 2.14 bits per heavy atom. The van der Waals surface area contributed by atoms with Crippen LogP contribution in [0.5, 0.6) is 5.75 Å². The fourth-order valence-electron chi connectivity index (χ4n) is 2.76. The molecule has 29 heavy (non-hydrogen) atoms. The maximum absolute atomic E-state index is 12.8. The number of anilines is 1. The predicted octanol–water partition coefficient (Wildman–Crippen LogP) is 2.49. The molecule has 0 atom stereocenters. The Morgan fingerprint density at radius 1 is 1.34 bits per heavy atom. The maximum Gasteiger partial charge on any atom is 0.311 e. The van der Waals surface area contributed by atoms with E-state index in [0.29, 0.717) is 36.0 Å². The quantitative estimate of drug-likeness (QED) is 0.258. The van der Waals surface area contributed by atoms with E-state index in [9.17, 15) is 20.0 Å². The maximum atomic E-state index is 12.8. The van der Waals surface area contributed by atoms with Crippen molar-refractivity contribution in [1.82, 2.24) is 9.55 Å². The number of hydrogen-bond acceptors (Lipinski definition) is 8. The highest BCUT2D eigenvalue weighted by atomic mass is 16.6. The van der Waals surface area contributed by atoms with E-state index in [4.69, 9.17) is 4.74 Å². The van der Waals surface area contributed by atoms with Gasteiger partial charge in [0.1, 0.15) is 0 Å². The molecule has 0 spiro atoms. The highest BCUT2D eigenvalue weighted by Gasteiger charge is 2.13. The van der Waals surface area contributed by atoms with Crippen LogP contribution in [0.4, 0.5) is 11.6 Å². The highest BCUT2D eigenvalue weighted by molar-refractivity contribution is 5.82. The van der Waals surface area contributed by atoms with Gasteiger partial charge in [-0.05, 0) is 30.7 Å². The number of nitro groups is 1. The normalized spacial score (nSPS) is 11.2. The second kappa shape index (κ2) is 8.93. The molecule has 10 nitrogen and oxygen atoms in total. The van der Waals surface area contributed by atoms with Gasteiger partial charge in [-0.2, -0.15) is 5.10 Å². The van der Waals surface area contributed by atoms with E-state index in [2.05, 4.69) is 15.5 Å². The van der Waals surface area contributed by atoms with Crippen LogP contribution in [0.15, 0.2) is 52.4 Å². The summed E-state index contributed by atoms with van der Waals surface area (Å²) >= 11 is 0. The van der Waals surface area contributed by atoms with Gasteiger partial charge in [0.05, 0.1) is 22.0 Å². The lowest BCUT2D eigenvalue weighted by Crippen LogP contribution is -2.24. The number of nitro benzene ring substituents is 1. The molecule has 1 aromatic heterocycles. The zero-order chi connectivity index (χ0) is 20.8. The Kier molecular flexibility index (Phi) is 6.15. The van der Waals surface area contributed by atoms with Crippen molar-refractivity contribution < 1.29 is 14.8 Å². The van der Waals surface area contributed by atoms with Crippen LogP contribution in [-0.2, 0) is 11.3 Å². The molecule has 0 amide bonds. The summed E-state index contributed by atoms with van der Waals surface area (Å²) in [7, 11) is 1.59. The van der Waals surface area contributed by atoms with Crippen molar-refractivity contribution in [1.29, 1.82) is 0 Å². The van der Waals surface area contributed by atoms with Gasteiger partial charge in [-0.25, -0.2) is 10.4 Å². The summed E-state index contributed by atoms with van der Waals surface area (Å²) in [6.45, 7) is 0.867. The zero-order valence-corrected chi connectivity index (χ0v) is 15.6. The molecule has 0 aliphatic carbocycles. The summed E-state index contributed by atoms with van der Waals surface area (Å²) in [6, 6.07) is 10.9. The van der Waals surface area contributed by atoms with Gasteiger partial charge in [0, 0.05) is 31.9 Å². The molecule has 0 unspecified atom stereocenters. The molecule has 10 heteroatoms. The predicted molar refractivity (Wildman–Crippen MR) is 108 cm³/mol. The van der Waals surface area contributed by atoms with Gasteiger partial charge in [-0.3, -0.25) is 19.5 Å². The third-order valence-electron chi connectivity index (χ3n) is 4.17. The molecule has 0 saturated carbocycles. The van der Waals surface area contributed by atoms with Crippen LogP contribution in [0, 0.1) is 10.1 Å². The van der Waals surface area contributed by atoms with Crippen molar-refractivity contribution in [3.63, 3.8) is 0 Å². The third-order valence-corrected chi connectivity index (χ3v) is 4.17. The molecule has 0 radical (unpaired) electrons. The van der Waals surface area contributed by atoms with Gasteiger partial charge >= 0.3 is 5.69 Å². The fraction of sp³-hybridized carbons (Fsp3) is 0.211. The first-order chi connectivity index (χ1) is 14.0. The van der Waals surface area contributed by atoms with E-state index in [0.717, 1.165) is 0 Å². The minimum atomic E-state index is -0.682. The van der Waals surface area contributed by atoms with Gasteiger partial charge < -0.3 is 9.84 Å². The topological polar surface area (TPSA) is 132 Å². The fourth-order valence-corrected chi connectivity index (χ4v) is 2.76. The molecule has 3 rings (SSSR count). The molecular formula is C19H19N5O5. The van der Waals surface area contributed by atoms with Crippen molar-refractivity contribution in [3.8, 4) is 5.75 Å². The van der Waals surface area contributed by atoms with Gasteiger partial charge in [0.25, 0.3) is 5.56 Å². The Labute approximate surface area is 165 Å². The molecule has 0 fully saturated rings. The van der Waals surface area contributed by atoms with Crippen molar-refractivity contribution in [3.05, 3.63) is 68.5 Å². The van der Waals surface area contributed by atoms with E-state index >= 15 is 0 Å². The van der Waals surface area contributed by atoms with Gasteiger partial charge in [0.15, 0.2) is 5.75 Å². The summed E-state index contributed by atoms with van der Waals surface area (Å²) < 4.78 is 6.52. The smallest absolute Gasteiger partial charge is 0.311 e. The summed E-state index contributed by atoms with van der Waals surface area (Å²) in [5.74, 6) is -0.183. The molecule has 150 valence electrons. The summed E-state index contributed by atoms with van der Waals surface area (Å²) in [5, 5.41) is 25.0. The number of phenols is 1. The number of rotatable bonds is 8. The van der Waals surface area contributed by atoms with E-state index in [1.807, 2.05) is 0 Å². The average molecular weight is 397 g/mol. The van der Waals surface area contributed by atoms with Gasteiger partial charge in [-0.1, -0.05) is 12.1 Å². The van der Waals surface area contributed by atoms with E-state index in [1.165, 1.54) is 29.0 Å². The largest absolute Gasteiger partial charge is 0.502 e. The lowest BCUT2D eigenvalue weighted by molar-refractivity contribution is -0.385. The van der Waals surface area contributed by atoms with Crippen LogP contribution in [0.1, 0.15) is 12.0 Å². The zero-order valence-electron chi connectivity index (χ0n) is 15.6. The average Bonchev–Trinajstić information content (AvgIpc) is 2.71. The Morgan fingerprint density at radius 3 is 2.90 bits per heavy atom. The van der Waals surface area contributed by atoms with Crippen molar-refractivity contribution in [2.45, 2.75) is 13.0 Å². The first kappa shape index (κ1) is 20.0. The van der Waals surface area contributed by atoms with Crippen LogP contribution in [0.2, 0.25) is 0 Å². The molecule has 1 heterocycles. The van der Waals surface area contributed by atoms with Gasteiger partial charge in [-0.15, -0.1) is 0 Å². The van der Waals surface area contributed by atoms with Crippen LogP contribution in [-0.4, -0.2) is 39.5 Å². The minimum absolute atomic E-state index is 0.204. The molecule has 0 saturated heterocycles. The lowest BCUT2D eigenvalue weighted by atomic mass is 10.2. The number of phenolic OH excluding ortho intramolecular Hbond substituents is 1. The van der Waals surface area contributed by atoms with Crippen molar-refractivity contribution in [2.75, 3.05) is 19.1 Å². The van der Waals surface area contributed by atoms with Crippen molar-refractivity contribution >= 4 is 28.8 Å². The number of hydrazone groups is 1. The van der Waals surface area contributed by atoms with Crippen LogP contribution < -0.4 is 11.0 Å². The van der Waals surface area contributed by atoms with E-state index in [1.54, 1.807) is 31.4 Å². The van der Waals surface area contributed by atoms with Crippen LogP contribution in [0.25, 0.3) is 10.9 Å². The second-order valence-electron chi connectivity index (χ2n) is 6.13. The number of methoxy groups -OCH3 is 1. The second-order valence-corrected chi connectivity index (χ2v) is 6.13. The summed E-state index contributed by atoms with van der Waals surface area (Å²) in [5.41, 5.74) is 3.03. The minimum Gasteiger partial charge on any atom is -0.502 e. The number of fused-ring (bicyclic) bond motifs is 1. The summed E-state index contributed by atoms with van der Waals surface area (Å²) in [4.78, 5) is 27.5. The van der Waals surface area contributed by atoms with E-state index in [-0.39, 0.29) is 11.5 Å². The number of para-hydroxylation sites is 1. The molecular weight excluding hydrogens is 378 g/mol.